The number of hydrogen-bond acceptors (Lipinski definition) is 6. The van der Waals surface area contributed by atoms with Gasteiger partial charge in [-0.2, -0.15) is 0 Å². The van der Waals surface area contributed by atoms with Gasteiger partial charge in [0.25, 0.3) is 0 Å². The molecular weight excluding hydrogens is 322 g/mol. The number of anilines is 1. The Morgan fingerprint density at radius 1 is 1.28 bits per heavy atom. The van der Waals surface area contributed by atoms with Crippen LogP contribution in [0.5, 0.6) is 0 Å². The molecule has 25 heavy (non-hydrogen) atoms. The monoisotopic (exact) mass is 341 g/mol. The van der Waals surface area contributed by atoms with Gasteiger partial charge >= 0.3 is 5.82 Å². The third-order valence-electron chi connectivity index (χ3n) is 4.34. The fourth-order valence-corrected chi connectivity index (χ4v) is 2.91. The van der Waals surface area contributed by atoms with Gasteiger partial charge in [0, 0.05) is 44.0 Å². The highest BCUT2D eigenvalue weighted by molar-refractivity contribution is 5.79. The average Bonchev–Trinajstić information content (AvgIpc) is 2.67. The van der Waals surface area contributed by atoms with E-state index in [9.17, 15) is 14.9 Å². The van der Waals surface area contributed by atoms with Crippen molar-refractivity contribution in [1.29, 1.82) is 0 Å². The molecule has 1 N–H and O–H groups in total. The first-order valence-corrected chi connectivity index (χ1v) is 8.15. The fourth-order valence-electron chi connectivity index (χ4n) is 2.91. The summed E-state index contributed by atoms with van der Waals surface area (Å²) in [6, 6.07) is 6.88. The molecule has 2 aromatic rings. The zero-order chi connectivity index (χ0) is 17.6. The van der Waals surface area contributed by atoms with Gasteiger partial charge < -0.3 is 20.3 Å². The molecule has 3 rings (SSSR count). The molecule has 1 saturated heterocycles. The summed E-state index contributed by atoms with van der Waals surface area (Å²) < 4.78 is 0. The van der Waals surface area contributed by atoms with Crippen molar-refractivity contribution in [3.63, 3.8) is 0 Å². The Hall–Kier alpha value is -3.03. The Labute approximate surface area is 145 Å². The van der Waals surface area contributed by atoms with Crippen molar-refractivity contribution >= 4 is 17.4 Å². The summed E-state index contributed by atoms with van der Waals surface area (Å²) in [7, 11) is 0. The van der Waals surface area contributed by atoms with Gasteiger partial charge in [-0.3, -0.25) is 9.78 Å². The second-order valence-electron chi connectivity index (χ2n) is 5.97. The van der Waals surface area contributed by atoms with E-state index in [1.54, 1.807) is 18.5 Å². The van der Waals surface area contributed by atoms with E-state index in [1.165, 1.54) is 12.3 Å². The smallest absolute Gasteiger partial charge is 0.363 e. The number of amides is 1. The van der Waals surface area contributed by atoms with Crippen LogP contribution in [0.3, 0.4) is 0 Å². The summed E-state index contributed by atoms with van der Waals surface area (Å²) in [4.78, 5) is 32.4. The van der Waals surface area contributed by atoms with Gasteiger partial charge in [0.05, 0.1) is 5.69 Å². The van der Waals surface area contributed by atoms with Crippen molar-refractivity contribution in [3.8, 4) is 0 Å². The molecule has 1 amide bonds. The van der Waals surface area contributed by atoms with E-state index >= 15 is 0 Å². The molecule has 0 spiro atoms. The van der Waals surface area contributed by atoms with Gasteiger partial charge in [-0.25, -0.2) is 0 Å². The lowest BCUT2D eigenvalue weighted by molar-refractivity contribution is -0.389. The standard InChI is InChI=1S/C17H19N5O3/c23-17(20-11-13-2-1-7-18-10-13)14-5-8-21(9-6-14)15-3-4-16(19-12-15)22(24)25/h1-4,7,10,12,14H,5-6,8-9,11H2,(H,20,23). The maximum Gasteiger partial charge on any atom is 0.363 e. The SMILES string of the molecule is O=C(NCc1cccnc1)C1CCN(c2ccc([N+](=O)[O-])nc2)CC1. The van der Waals surface area contributed by atoms with E-state index in [0.717, 1.165) is 37.2 Å². The van der Waals surface area contributed by atoms with Crippen LogP contribution in [-0.4, -0.2) is 33.9 Å². The Balaban J connectivity index is 1.49. The van der Waals surface area contributed by atoms with E-state index in [2.05, 4.69) is 20.2 Å². The van der Waals surface area contributed by atoms with Crippen molar-refractivity contribution in [2.45, 2.75) is 19.4 Å². The number of nitrogens with one attached hydrogen (secondary N) is 1. The highest BCUT2D eigenvalue weighted by Crippen LogP contribution is 2.24. The fraction of sp³-hybridized carbons (Fsp3) is 0.353. The summed E-state index contributed by atoms with van der Waals surface area (Å²) >= 11 is 0. The van der Waals surface area contributed by atoms with Crippen LogP contribution in [-0.2, 0) is 11.3 Å². The van der Waals surface area contributed by atoms with Gasteiger partial charge in [-0.05, 0) is 40.4 Å². The lowest BCUT2D eigenvalue weighted by Crippen LogP contribution is -2.40. The lowest BCUT2D eigenvalue weighted by Gasteiger charge is -2.32. The molecule has 0 saturated carbocycles. The van der Waals surface area contributed by atoms with Crippen molar-refractivity contribution in [2.75, 3.05) is 18.0 Å². The Morgan fingerprint density at radius 2 is 2.08 bits per heavy atom. The number of aromatic nitrogens is 2. The minimum atomic E-state index is -0.511. The summed E-state index contributed by atoms with van der Waals surface area (Å²) in [6.45, 7) is 1.94. The molecule has 8 heteroatoms. The van der Waals surface area contributed by atoms with E-state index in [4.69, 9.17) is 0 Å². The Kier molecular flexibility index (Phi) is 5.17. The Bertz CT molecular complexity index is 728. The minimum Gasteiger partial charge on any atom is -0.368 e. The molecular formula is C17H19N5O3. The van der Waals surface area contributed by atoms with Crippen LogP contribution in [0, 0.1) is 16.0 Å². The van der Waals surface area contributed by atoms with Gasteiger partial charge in [0.2, 0.25) is 5.91 Å². The summed E-state index contributed by atoms with van der Waals surface area (Å²) in [5.74, 6) is -0.113. The first-order chi connectivity index (χ1) is 12.1. The number of nitrogens with zero attached hydrogens (tertiary/aromatic N) is 4. The number of nitro groups is 1. The van der Waals surface area contributed by atoms with E-state index in [1.807, 2.05) is 12.1 Å². The first-order valence-electron chi connectivity index (χ1n) is 8.15. The molecule has 130 valence electrons. The molecule has 1 fully saturated rings. The topological polar surface area (TPSA) is 101 Å². The second kappa shape index (κ2) is 7.69. The van der Waals surface area contributed by atoms with Crippen LogP contribution in [0.2, 0.25) is 0 Å². The molecule has 0 aromatic carbocycles. The second-order valence-corrected chi connectivity index (χ2v) is 5.97. The molecule has 0 atom stereocenters. The average molecular weight is 341 g/mol. The third-order valence-corrected chi connectivity index (χ3v) is 4.34. The number of pyridine rings is 2. The van der Waals surface area contributed by atoms with Crippen molar-refractivity contribution in [2.24, 2.45) is 5.92 Å². The summed E-state index contributed by atoms with van der Waals surface area (Å²) in [5.41, 5.74) is 1.82. The molecule has 2 aromatic heterocycles. The normalized spacial score (nSPS) is 15.0. The first kappa shape index (κ1) is 16.8. The van der Waals surface area contributed by atoms with Crippen molar-refractivity contribution in [1.82, 2.24) is 15.3 Å². The number of piperidine rings is 1. The molecule has 1 aliphatic rings. The van der Waals surface area contributed by atoms with Crippen LogP contribution < -0.4 is 10.2 Å². The van der Waals surface area contributed by atoms with Gasteiger partial charge in [-0.15, -0.1) is 0 Å². The van der Waals surface area contributed by atoms with Crippen LogP contribution in [0.25, 0.3) is 0 Å². The highest BCUT2D eigenvalue weighted by atomic mass is 16.6. The van der Waals surface area contributed by atoms with Gasteiger partial charge in [0.1, 0.15) is 0 Å². The van der Waals surface area contributed by atoms with E-state index < -0.39 is 4.92 Å². The van der Waals surface area contributed by atoms with Crippen LogP contribution in [0.4, 0.5) is 11.5 Å². The highest BCUT2D eigenvalue weighted by Gasteiger charge is 2.25. The zero-order valence-corrected chi connectivity index (χ0v) is 13.7. The molecule has 0 radical (unpaired) electrons. The molecule has 0 aliphatic carbocycles. The predicted octanol–water partition coefficient (Wildman–Crippen LogP) is 1.92. The van der Waals surface area contributed by atoms with E-state index in [-0.39, 0.29) is 17.6 Å². The number of rotatable bonds is 5. The lowest BCUT2D eigenvalue weighted by atomic mass is 9.95. The quantitative estimate of drug-likeness (QED) is 0.658. The molecule has 0 bridgehead atoms. The molecule has 8 nitrogen and oxygen atoms in total. The van der Waals surface area contributed by atoms with Crippen LogP contribution in [0.15, 0.2) is 42.9 Å². The third kappa shape index (κ3) is 4.28. The van der Waals surface area contributed by atoms with E-state index in [0.29, 0.717) is 6.54 Å². The number of carbonyl (C=O) groups is 1. The summed E-state index contributed by atoms with van der Waals surface area (Å²) in [6.07, 6.45) is 6.45. The van der Waals surface area contributed by atoms with Crippen molar-refractivity contribution in [3.05, 3.63) is 58.5 Å². The molecule has 1 aliphatic heterocycles. The zero-order valence-electron chi connectivity index (χ0n) is 13.7. The maximum absolute atomic E-state index is 12.3. The van der Waals surface area contributed by atoms with Crippen LogP contribution >= 0.6 is 0 Å². The largest absolute Gasteiger partial charge is 0.368 e. The number of hydrogen-bond donors (Lipinski definition) is 1. The minimum absolute atomic E-state index is 0.0149. The maximum atomic E-state index is 12.3. The number of carbonyl (C=O) groups excluding carboxylic acids is 1. The van der Waals surface area contributed by atoms with Crippen LogP contribution in [0.1, 0.15) is 18.4 Å². The molecule has 3 heterocycles. The van der Waals surface area contributed by atoms with Crippen molar-refractivity contribution < 1.29 is 9.72 Å². The van der Waals surface area contributed by atoms with Gasteiger partial charge in [0.15, 0.2) is 6.20 Å². The summed E-state index contributed by atoms with van der Waals surface area (Å²) in [5, 5.41) is 13.6. The molecule has 0 unspecified atom stereocenters. The Morgan fingerprint density at radius 3 is 2.68 bits per heavy atom. The van der Waals surface area contributed by atoms with Gasteiger partial charge in [-0.1, -0.05) is 6.07 Å². The predicted molar refractivity (Wildman–Crippen MR) is 91.9 cm³/mol.